The molecule has 2 amide bonds. The van der Waals surface area contributed by atoms with Gasteiger partial charge in [0.2, 0.25) is 5.91 Å². The summed E-state index contributed by atoms with van der Waals surface area (Å²) in [5, 5.41) is 0. The molecule has 4 saturated carbocycles. The van der Waals surface area contributed by atoms with Crippen LogP contribution in [0, 0.1) is 23.2 Å². The summed E-state index contributed by atoms with van der Waals surface area (Å²) in [5.41, 5.74) is 5.78. The minimum atomic E-state index is -3.82. The van der Waals surface area contributed by atoms with Crippen molar-refractivity contribution in [3.05, 3.63) is 54.1 Å². The lowest BCUT2D eigenvalue weighted by Crippen LogP contribution is -2.50. The number of carbonyl (C=O) groups is 2. The van der Waals surface area contributed by atoms with E-state index < -0.39 is 15.9 Å². The zero-order valence-electron chi connectivity index (χ0n) is 19.8. The largest absolute Gasteiger partial charge is 0.497 e. The number of hydrazine groups is 1. The van der Waals surface area contributed by atoms with E-state index in [4.69, 9.17) is 4.74 Å². The predicted molar refractivity (Wildman–Crippen MR) is 131 cm³/mol. The molecule has 8 nitrogen and oxygen atoms in total. The average molecular weight is 498 g/mol. The summed E-state index contributed by atoms with van der Waals surface area (Å²) < 4.78 is 32.9. The number of methoxy groups -OCH3 is 1. The highest BCUT2D eigenvalue weighted by Crippen LogP contribution is 2.61. The van der Waals surface area contributed by atoms with Gasteiger partial charge >= 0.3 is 0 Å². The van der Waals surface area contributed by atoms with Crippen LogP contribution in [-0.4, -0.2) is 27.3 Å². The molecule has 4 fully saturated rings. The Labute approximate surface area is 205 Å². The maximum absolute atomic E-state index is 12.7. The first kappa shape index (κ1) is 23.7. The van der Waals surface area contributed by atoms with Gasteiger partial charge in [-0.05, 0) is 110 Å². The number of hydrogen-bond donors (Lipinski definition) is 3. The van der Waals surface area contributed by atoms with Crippen LogP contribution in [0.4, 0.5) is 5.69 Å². The standard InChI is InChI=1S/C26H31N3O5S/c1-34-22-6-4-21(5-7-22)29-35(32,33)23-8-2-20(3-9-23)25(31)28-27-24(30)16-26-13-17-10-18(14-26)12-19(11-17)15-26/h2-9,17-19,29H,10-16H2,1H3,(H,27,30)(H,28,31). The Morgan fingerprint density at radius 3 is 2.00 bits per heavy atom. The lowest BCUT2D eigenvalue weighted by Gasteiger charge is -2.56. The van der Waals surface area contributed by atoms with Gasteiger partial charge in [-0.15, -0.1) is 0 Å². The first-order chi connectivity index (χ1) is 16.7. The third-order valence-electron chi connectivity index (χ3n) is 7.79. The van der Waals surface area contributed by atoms with E-state index in [1.165, 1.54) is 50.6 Å². The van der Waals surface area contributed by atoms with Gasteiger partial charge in [-0.2, -0.15) is 0 Å². The van der Waals surface area contributed by atoms with Crippen LogP contribution in [-0.2, 0) is 14.8 Å². The van der Waals surface area contributed by atoms with Gasteiger partial charge in [0.05, 0.1) is 12.0 Å². The quantitative estimate of drug-likeness (QED) is 0.503. The summed E-state index contributed by atoms with van der Waals surface area (Å²) in [6.07, 6.45) is 7.78. The Bertz CT molecular complexity index is 1170. The topological polar surface area (TPSA) is 114 Å². The average Bonchev–Trinajstić information content (AvgIpc) is 2.82. The predicted octanol–water partition coefficient (Wildman–Crippen LogP) is 3.86. The molecule has 0 unspecified atom stereocenters. The number of carbonyl (C=O) groups excluding carboxylic acids is 2. The molecule has 186 valence electrons. The minimum Gasteiger partial charge on any atom is -0.497 e. The summed E-state index contributed by atoms with van der Waals surface area (Å²) >= 11 is 0. The van der Waals surface area contributed by atoms with Crippen molar-refractivity contribution < 1.29 is 22.7 Å². The van der Waals surface area contributed by atoms with E-state index in [9.17, 15) is 18.0 Å². The number of amides is 2. The molecule has 0 aliphatic heterocycles. The number of nitrogens with one attached hydrogen (secondary N) is 3. The fourth-order valence-corrected chi connectivity index (χ4v) is 7.81. The van der Waals surface area contributed by atoms with Gasteiger partial charge in [0.1, 0.15) is 5.75 Å². The zero-order chi connectivity index (χ0) is 24.6. The van der Waals surface area contributed by atoms with Crippen LogP contribution in [0.15, 0.2) is 53.4 Å². The molecular formula is C26H31N3O5S. The van der Waals surface area contributed by atoms with Crippen LogP contribution in [0.2, 0.25) is 0 Å². The van der Waals surface area contributed by atoms with Crippen LogP contribution in [0.5, 0.6) is 5.75 Å². The molecule has 0 radical (unpaired) electrons. The summed E-state index contributed by atoms with van der Waals surface area (Å²) in [5.74, 6) is 2.25. The highest BCUT2D eigenvalue weighted by molar-refractivity contribution is 7.92. The molecule has 0 spiro atoms. The molecular weight excluding hydrogens is 466 g/mol. The van der Waals surface area contributed by atoms with E-state index in [2.05, 4.69) is 15.6 Å². The van der Waals surface area contributed by atoms with Crippen molar-refractivity contribution in [1.29, 1.82) is 0 Å². The van der Waals surface area contributed by atoms with Crippen molar-refractivity contribution in [2.45, 2.75) is 49.8 Å². The minimum absolute atomic E-state index is 0.0238. The van der Waals surface area contributed by atoms with E-state index in [1.54, 1.807) is 24.3 Å². The highest BCUT2D eigenvalue weighted by atomic mass is 32.2. The van der Waals surface area contributed by atoms with Gasteiger partial charge in [0.25, 0.3) is 15.9 Å². The highest BCUT2D eigenvalue weighted by Gasteiger charge is 2.51. The van der Waals surface area contributed by atoms with Crippen LogP contribution >= 0.6 is 0 Å². The molecule has 2 aromatic rings. The number of benzene rings is 2. The Morgan fingerprint density at radius 1 is 0.886 bits per heavy atom. The molecule has 6 rings (SSSR count). The number of ether oxygens (including phenoxy) is 1. The van der Waals surface area contributed by atoms with Gasteiger partial charge in [0.15, 0.2) is 0 Å². The van der Waals surface area contributed by atoms with Gasteiger partial charge in [0, 0.05) is 17.7 Å². The Kier molecular flexibility index (Phi) is 6.21. The lowest BCUT2D eigenvalue weighted by molar-refractivity contribution is -0.130. The lowest BCUT2D eigenvalue weighted by atomic mass is 9.49. The number of sulfonamides is 1. The van der Waals surface area contributed by atoms with Crippen molar-refractivity contribution in [1.82, 2.24) is 10.9 Å². The van der Waals surface area contributed by atoms with E-state index in [0.717, 1.165) is 37.0 Å². The van der Waals surface area contributed by atoms with E-state index in [1.807, 2.05) is 0 Å². The number of anilines is 1. The van der Waals surface area contributed by atoms with Crippen molar-refractivity contribution >= 4 is 27.5 Å². The maximum Gasteiger partial charge on any atom is 0.269 e. The summed E-state index contributed by atoms with van der Waals surface area (Å²) in [6, 6.07) is 12.1. The van der Waals surface area contributed by atoms with Crippen molar-refractivity contribution in [2.24, 2.45) is 23.2 Å². The molecule has 0 saturated heterocycles. The van der Waals surface area contributed by atoms with Gasteiger partial charge < -0.3 is 4.74 Å². The second-order valence-corrected chi connectivity index (χ2v) is 12.1. The van der Waals surface area contributed by atoms with Gasteiger partial charge in [-0.3, -0.25) is 25.2 Å². The second-order valence-electron chi connectivity index (χ2n) is 10.5. The summed E-state index contributed by atoms with van der Waals surface area (Å²) in [7, 11) is -2.29. The number of rotatable bonds is 7. The third-order valence-corrected chi connectivity index (χ3v) is 9.18. The first-order valence-electron chi connectivity index (χ1n) is 12.1. The van der Waals surface area contributed by atoms with E-state index in [-0.39, 0.29) is 21.8 Å². The molecule has 4 aliphatic rings. The van der Waals surface area contributed by atoms with Crippen molar-refractivity contribution in [3.8, 4) is 5.75 Å². The molecule has 4 bridgehead atoms. The molecule has 35 heavy (non-hydrogen) atoms. The number of hydrogen-bond acceptors (Lipinski definition) is 5. The van der Waals surface area contributed by atoms with Crippen molar-refractivity contribution in [3.63, 3.8) is 0 Å². The second kappa shape index (κ2) is 9.18. The fourth-order valence-electron chi connectivity index (χ4n) is 6.75. The Hall–Kier alpha value is -3.07. The molecule has 0 heterocycles. The van der Waals surface area contributed by atoms with Crippen LogP contribution in [0.3, 0.4) is 0 Å². The zero-order valence-corrected chi connectivity index (χ0v) is 20.6. The van der Waals surface area contributed by atoms with Gasteiger partial charge in [-0.25, -0.2) is 8.42 Å². The monoisotopic (exact) mass is 497 g/mol. The van der Waals surface area contributed by atoms with Crippen LogP contribution < -0.4 is 20.3 Å². The summed E-state index contributed by atoms with van der Waals surface area (Å²) in [4.78, 5) is 25.2. The van der Waals surface area contributed by atoms with E-state index >= 15 is 0 Å². The fraction of sp³-hybridized carbons (Fsp3) is 0.462. The van der Waals surface area contributed by atoms with Crippen LogP contribution in [0.1, 0.15) is 55.3 Å². The first-order valence-corrected chi connectivity index (χ1v) is 13.6. The smallest absolute Gasteiger partial charge is 0.269 e. The molecule has 2 aromatic carbocycles. The third kappa shape index (κ3) is 5.15. The Balaban J connectivity index is 1.15. The Morgan fingerprint density at radius 2 is 1.46 bits per heavy atom. The molecule has 4 aliphatic carbocycles. The normalized spacial score (nSPS) is 26.7. The maximum atomic E-state index is 12.7. The molecule has 0 aromatic heterocycles. The van der Waals surface area contributed by atoms with Crippen LogP contribution in [0.25, 0.3) is 0 Å². The molecule has 0 atom stereocenters. The SMILES string of the molecule is COc1ccc(NS(=O)(=O)c2ccc(C(=O)NNC(=O)CC34CC5CC(CC(C5)C3)C4)cc2)cc1. The van der Waals surface area contributed by atoms with Gasteiger partial charge in [-0.1, -0.05) is 0 Å². The van der Waals surface area contributed by atoms with Crippen molar-refractivity contribution in [2.75, 3.05) is 11.8 Å². The molecule has 3 N–H and O–H groups in total. The molecule has 9 heteroatoms. The summed E-state index contributed by atoms with van der Waals surface area (Å²) in [6.45, 7) is 0. The van der Waals surface area contributed by atoms with E-state index in [0.29, 0.717) is 17.9 Å².